The Morgan fingerprint density at radius 3 is 2.88 bits per heavy atom. The van der Waals surface area contributed by atoms with Crippen LogP contribution in [-0.4, -0.2) is 4.98 Å². The summed E-state index contributed by atoms with van der Waals surface area (Å²) in [6.07, 6.45) is 1.78. The number of anilines is 1. The molecule has 17 heavy (non-hydrogen) atoms. The molecule has 0 spiro atoms. The number of pyridine rings is 1. The third kappa shape index (κ3) is 2.01. The lowest BCUT2D eigenvalue weighted by molar-refractivity contribution is 1.38. The summed E-state index contributed by atoms with van der Waals surface area (Å²) in [5.74, 6) is 0. The van der Waals surface area contributed by atoms with Crippen molar-refractivity contribution in [3.63, 3.8) is 0 Å². The molecule has 0 atom stereocenters. The van der Waals surface area contributed by atoms with E-state index in [9.17, 15) is 0 Å². The summed E-state index contributed by atoms with van der Waals surface area (Å²) in [6, 6.07) is 12.2. The van der Waals surface area contributed by atoms with E-state index in [-0.39, 0.29) is 0 Å². The topological polar surface area (TPSA) is 38.9 Å². The van der Waals surface area contributed by atoms with Crippen molar-refractivity contribution in [3.05, 3.63) is 48.0 Å². The maximum Gasteiger partial charge on any atom is 0.0942 e. The molecule has 0 aliphatic carbocycles. The SMILES string of the molecule is Nc1ccc(Sc2cccs2)c2cccnc12. The molecule has 0 amide bonds. The largest absolute Gasteiger partial charge is 0.397 e. The number of nitrogen functional groups attached to an aromatic ring is 1. The second kappa shape index (κ2) is 4.39. The number of aromatic nitrogens is 1. The standard InChI is InChI=1S/C13H10N2S2/c14-10-5-6-11(17-12-4-2-8-16-12)9-3-1-7-15-13(9)10/h1-8H,14H2. The number of benzene rings is 1. The second-order valence-corrected chi connectivity index (χ2v) is 5.88. The predicted molar refractivity (Wildman–Crippen MR) is 74.6 cm³/mol. The first kappa shape index (κ1) is 10.6. The first-order valence-electron chi connectivity index (χ1n) is 5.19. The van der Waals surface area contributed by atoms with Gasteiger partial charge in [-0.15, -0.1) is 11.3 Å². The van der Waals surface area contributed by atoms with E-state index in [1.54, 1.807) is 29.3 Å². The van der Waals surface area contributed by atoms with Gasteiger partial charge in [-0.25, -0.2) is 0 Å². The van der Waals surface area contributed by atoms with Crippen LogP contribution in [-0.2, 0) is 0 Å². The first-order chi connectivity index (χ1) is 8.34. The average Bonchev–Trinajstić information content (AvgIpc) is 2.86. The zero-order valence-electron chi connectivity index (χ0n) is 8.96. The molecule has 0 saturated carbocycles. The second-order valence-electron chi connectivity index (χ2n) is 3.59. The van der Waals surface area contributed by atoms with E-state index in [1.807, 2.05) is 12.1 Å². The van der Waals surface area contributed by atoms with E-state index in [0.29, 0.717) is 0 Å². The fourth-order valence-electron chi connectivity index (χ4n) is 1.69. The molecule has 2 N–H and O–H groups in total. The molecule has 0 unspecified atom stereocenters. The molecule has 0 aliphatic rings. The molecule has 3 aromatic rings. The highest BCUT2D eigenvalue weighted by Crippen LogP contribution is 2.36. The summed E-state index contributed by atoms with van der Waals surface area (Å²) in [6.45, 7) is 0. The Kier molecular flexibility index (Phi) is 2.74. The van der Waals surface area contributed by atoms with Crippen molar-refractivity contribution in [2.24, 2.45) is 0 Å². The van der Waals surface area contributed by atoms with Crippen molar-refractivity contribution in [1.29, 1.82) is 0 Å². The molecule has 2 heterocycles. The van der Waals surface area contributed by atoms with E-state index < -0.39 is 0 Å². The van der Waals surface area contributed by atoms with Crippen molar-refractivity contribution in [1.82, 2.24) is 4.98 Å². The van der Waals surface area contributed by atoms with Gasteiger partial charge < -0.3 is 5.73 Å². The minimum absolute atomic E-state index is 0.733. The van der Waals surface area contributed by atoms with Gasteiger partial charge in [0.1, 0.15) is 0 Å². The van der Waals surface area contributed by atoms with Crippen LogP contribution in [0.5, 0.6) is 0 Å². The molecule has 0 fully saturated rings. The molecule has 84 valence electrons. The fourth-order valence-corrected chi connectivity index (χ4v) is 3.54. The van der Waals surface area contributed by atoms with Crippen LogP contribution < -0.4 is 5.73 Å². The smallest absolute Gasteiger partial charge is 0.0942 e. The van der Waals surface area contributed by atoms with Crippen LogP contribution in [0.2, 0.25) is 0 Å². The third-order valence-electron chi connectivity index (χ3n) is 2.47. The van der Waals surface area contributed by atoms with Gasteiger partial charge in [0.15, 0.2) is 0 Å². The van der Waals surface area contributed by atoms with Crippen molar-refractivity contribution < 1.29 is 0 Å². The highest BCUT2D eigenvalue weighted by Gasteiger charge is 2.06. The highest BCUT2D eigenvalue weighted by molar-refractivity contribution is 8.01. The van der Waals surface area contributed by atoms with E-state index in [0.717, 1.165) is 16.6 Å². The van der Waals surface area contributed by atoms with Crippen molar-refractivity contribution in [2.75, 3.05) is 5.73 Å². The summed E-state index contributed by atoms with van der Waals surface area (Å²) in [5.41, 5.74) is 7.55. The number of hydrogen-bond donors (Lipinski definition) is 1. The Hall–Kier alpha value is -1.52. The molecule has 4 heteroatoms. The van der Waals surface area contributed by atoms with Crippen LogP contribution in [0.25, 0.3) is 10.9 Å². The minimum atomic E-state index is 0.733. The lowest BCUT2D eigenvalue weighted by atomic mass is 10.2. The number of thiophene rings is 1. The molecule has 0 aliphatic heterocycles. The molecule has 1 aromatic carbocycles. The number of rotatable bonds is 2. The third-order valence-corrected chi connectivity index (χ3v) is 4.58. The Labute approximate surface area is 107 Å². The van der Waals surface area contributed by atoms with Crippen LogP contribution in [0.4, 0.5) is 5.69 Å². The zero-order chi connectivity index (χ0) is 11.7. The van der Waals surface area contributed by atoms with Crippen molar-refractivity contribution in [2.45, 2.75) is 9.10 Å². The number of fused-ring (bicyclic) bond motifs is 1. The molecular weight excluding hydrogens is 248 g/mol. The molecule has 0 bridgehead atoms. The van der Waals surface area contributed by atoms with Crippen molar-refractivity contribution >= 4 is 39.7 Å². The fraction of sp³-hybridized carbons (Fsp3) is 0. The summed E-state index contributed by atoms with van der Waals surface area (Å²) in [7, 11) is 0. The van der Waals surface area contributed by atoms with Crippen LogP contribution in [0.3, 0.4) is 0 Å². The Morgan fingerprint density at radius 2 is 2.06 bits per heavy atom. The van der Waals surface area contributed by atoms with E-state index in [4.69, 9.17) is 5.73 Å². The average molecular weight is 258 g/mol. The van der Waals surface area contributed by atoms with Crippen LogP contribution >= 0.6 is 23.1 Å². The number of nitrogens with zero attached hydrogens (tertiary/aromatic N) is 1. The van der Waals surface area contributed by atoms with Gasteiger partial charge in [-0.2, -0.15) is 0 Å². The monoisotopic (exact) mass is 258 g/mol. The maximum absolute atomic E-state index is 5.93. The molecule has 0 saturated heterocycles. The van der Waals surface area contributed by atoms with Crippen molar-refractivity contribution in [3.8, 4) is 0 Å². The van der Waals surface area contributed by atoms with E-state index in [2.05, 4.69) is 34.6 Å². The lowest BCUT2D eigenvalue weighted by Crippen LogP contribution is -1.90. The summed E-state index contributed by atoms with van der Waals surface area (Å²) < 4.78 is 1.28. The molecule has 2 nitrogen and oxygen atoms in total. The van der Waals surface area contributed by atoms with Gasteiger partial charge >= 0.3 is 0 Å². The van der Waals surface area contributed by atoms with Gasteiger partial charge in [-0.05, 0) is 29.6 Å². The maximum atomic E-state index is 5.93. The summed E-state index contributed by atoms with van der Waals surface area (Å²) >= 11 is 3.50. The van der Waals surface area contributed by atoms with Gasteiger partial charge in [0.2, 0.25) is 0 Å². The zero-order valence-corrected chi connectivity index (χ0v) is 10.6. The van der Waals surface area contributed by atoms with Gasteiger partial charge in [0, 0.05) is 16.5 Å². The van der Waals surface area contributed by atoms with Gasteiger partial charge in [0.25, 0.3) is 0 Å². The molecular formula is C13H10N2S2. The normalized spacial score (nSPS) is 10.8. The van der Waals surface area contributed by atoms with Crippen LogP contribution in [0.15, 0.2) is 57.1 Å². The minimum Gasteiger partial charge on any atom is -0.397 e. The Morgan fingerprint density at radius 1 is 1.12 bits per heavy atom. The lowest BCUT2D eigenvalue weighted by Gasteiger charge is -2.06. The number of hydrogen-bond acceptors (Lipinski definition) is 4. The van der Waals surface area contributed by atoms with Crippen LogP contribution in [0.1, 0.15) is 0 Å². The van der Waals surface area contributed by atoms with Gasteiger partial charge in [-0.1, -0.05) is 23.9 Å². The quantitative estimate of drug-likeness (QED) is 0.705. The highest BCUT2D eigenvalue weighted by atomic mass is 32.2. The summed E-state index contributed by atoms with van der Waals surface area (Å²) in [4.78, 5) is 5.53. The molecule has 0 radical (unpaired) electrons. The van der Waals surface area contributed by atoms with E-state index in [1.165, 1.54) is 9.10 Å². The Bertz CT molecular complexity index is 648. The Balaban J connectivity index is 2.14. The predicted octanol–water partition coefficient (Wildman–Crippen LogP) is 4.03. The summed E-state index contributed by atoms with van der Waals surface area (Å²) in [5, 5.41) is 3.20. The van der Waals surface area contributed by atoms with Crippen LogP contribution in [0, 0.1) is 0 Å². The first-order valence-corrected chi connectivity index (χ1v) is 6.89. The number of nitrogens with two attached hydrogens (primary N) is 1. The van der Waals surface area contributed by atoms with Gasteiger partial charge in [-0.3, -0.25) is 4.98 Å². The van der Waals surface area contributed by atoms with Gasteiger partial charge in [0.05, 0.1) is 15.4 Å². The molecule has 3 rings (SSSR count). The molecule has 2 aromatic heterocycles. The van der Waals surface area contributed by atoms with E-state index >= 15 is 0 Å².